The lowest BCUT2D eigenvalue weighted by molar-refractivity contribution is 0.100. The number of hydrogen-bond acceptors (Lipinski definition) is 5. The lowest BCUT2D eigenvalue weighted by Gasteiger charge is -2.03. The number of aromatic nitrogens is 2. The smallest absolute Gasteiger partial charge is 0.248 e. The molecule has 2 aromatic rings. The van der Waals surface area contributed by atoms with E-state index < -0.39 is 5.91 Å². The van der Waals surface area contributed by atoms with Gasteiger partial charge in [-0.15, -0.1) is 0 Å². The second kappa shape index (κ2) is 5.79. The monoisotopic (exact) mass is 276 g/mol. The number of amides is 1. The fourth-order valence-electron chi connectivity index (χ4n) is 1.51. The predicted molar refractivity (Wildman–Crippen MR) is 76.3 cm³/mol. The number of nitrogens with one attached hydrogen (secondary N) is 1. The van der Waals surface area contributed by atoms with Crippen LogP contribution in [0.2, 0.25) is 0 Å². The second-order valence-electron chi connectivity index (χ2n) is 4.53. The molecule has 0 unspecified atom stereocenters. The summed E-state index contributed by atoms with van der Waals surface area (Å²) in [4.78, 5) is 15.3. The average Bonchev–Trinajstić information content (AvgIpc) is 2.86. The molecule has 0 fully saturated rings. The fourth-order valence-corrected chi connectivity index (χ4v) is 2.21. The van der Waals surface area contributed by atoms with Crippen molar-refractivity contribution in [1.29, 1.82) is 0 Å². The minimum atomic E-state index is -0.412. The number of anilines is 1. The zero-order chi connectivity index (χ0) is 13.8. The predicted octanol–water partition coefficient (Wildman–Crippen LogP) is 2.37. The maximum Gasteiger partial charge on any atom is 0.248 e. The first-order chi connectivity index (χ1) is 9.06. The minimum Gasteiger partial charge on any atom is -0.366 e. The van der Waals surface area contributed by atoms with Crippen molar-refractivity contribution < 1.29 is 4.79 Å². The Morgan fingerprint density at radius 2 is 2.05 bits per heavy atom. The Bertz CT molecular complexity index is 562. The van der Waals surface area contributed by atoms with E-state index in [1.54, 1.807) is 12.1 Å². The Morgan fingerprint density at radius 3 is 2.58 bits per heavy atom. The van der Waals surface area contributed by atoms with E-state index >= 15 is 0 Å². The van der Waals surface area contributed by atoms with Gasteiger partial charge in [0, 0.05) is 29.6 Å². The molecule has 0 spiro atoms. The number of nitrogens with zero attached hydrogens (tertiary/aromatic N) is 2. The average molecular weight is 276 g/mol. The molecule has 100 valence electrons. The highest BCUT2D eigenvalue weighted by atomic mass is 32.1. The van der Waals surface area contributed by atoms with Gasteiger partial charge in [0.25, 0.3) is 0 Å². The third-order valence-corrected chi connectivity index (χ3v) is 3.33. The molecule has 0 saturated carbocycles. The molecular formula is C13H16N4OS. The highest BCUT2D eigenvalue weighted by Crippen LogP contribution is 2.18. The number of hydrogen-bond donors (Lipinski definition) is 2. The Morgan fingerprint density at radius 1 is 1.37 bits per heavy atom. The normalized spacial score (nSPS) is 10.7. The van der Waals surface area contributed by atoms with Gasteiger partial charge in [-0.2, -0.15) is 4.37 Å². The Balaban J connectivity index is 1.96. The van der Waals surface area contributed by atoms with Crippen molar-refractivity contribution in [2.75, 3.05) is 5.32 Å². The van der Waals surface area contributed by atoms with Crippen LogP contribution in [-0.4, -0.2) is 15.3 Å². The molecule has 3 N–H and O–H groups in total. The van der Waals surface area contributed by atoms with Crippen LogP contribution in [0.4, 0.5) is 5.13 Å². The first kappa shape index (κ1) is 13.5. The number of carbonyl (C=O) groups excluding carboxylic acids is 1. The second-order valence-corrected chi connectivity index (χ2v) is 5.28. The van der Waals surface area contributed by atoms with E-state index in [0.29, 0.717) is 18.0 Å². The minimum absolute atomic E-state index is 0.335. The largest absolute Gasteiger partial charge is 0.366 e. The number of primary amides is 1. The van der Waals surface area contributed by atoms with Crippen molar-refractivity contribution in [2.45, 2.75) is 26.3 Å². The molecule has 1 amide bonds. The van der Waals surface area contributed by atoms with Gasteiger partial charge in [-0.05, 0) is 17.7 Å². The van der Waals surface area contributed by atoms with Crippen molar-refractivity contribution in [3.8, 4) is 0 Å². The maximum absolute atomic E-state index is 10.9. The van der Waals surface area contributed by atoms with Crippen LogP contribution in [0.25, 0.3) is 0 Å². The van der Waals surface area contributed by atoms with Crippen LogP contribution >= 0.6 is 11.5 Å². The van der Waals surface area contributed by atoms with Gasteiger partial charge in [0.05, 0.1) is 0 Å². The number of carbonyl (C=O) groups is 1. The third-order valence-electron chi connectivity index (χ3n) is 2.64. The summed E-state index contributed by atoms with van der Waals surface area (Å²) in [6.45, 7) is 4.77. The van der Waals surface area contributed by atoms with E-state index in [1.165, 1.54) is 11.5 Å². The number of rotatable bonds is 5. The van der Waals surface area contributed by atoms with Gasteiger partial charge in [-0.25, -0.2) is 4.98 Å². The molecule has 0 aliphatic heterocycles. The van der Waals surface area contributed by atoms with Crippen LogP contribution in [0.15, 0.2) is 24.3 Å². The van der Waals surface area contributed by atoms with Gasteiger partial charge in [-0.1, -0.05) is 26.0 Å². The lowest BCUT2D eigenvalue weighted by atomic mass is 10.1. The lowest BCUT2D eigenvalue weighted by Crippen LogP contribution is -2.10. The summed E-state index contributed by atoms with van der Waals surface area (Å²) in [5, 5.41) is 4.02. The summed E-state index contributed by atoms with van der Waals surface area (Å²) in [6.07, 6.45) is 0. The molecule has 0 saturated heterocycles. The van der Waals surface area contributed by atoms with Crippen LogP contribution in [-0.2, 0) is 6.54 Å². The molecule has 6 heteroatoms. The molecule has 19 heavy (non-hydrogen) atoms. The van der Waals surface area contributed by atoms with Crippen LogP contribution in [0.1, 0.15) is 41.5 Å². The zero-order valence-corrected chi connectivity index (χ0v) is 11.7. The first-order valence-corrected chi connectivity index (χ1v) is 6.80. The SMILES string of the molecule is CC(C)c1nsc(NCc2ccc(C(N)=O)cc2)n1. The maximum atomic E-state index is 10.9. The van der Waals surface area contributed by atoms with Crippen LogP contribution < -0.4 is 11.1 Å². The third kappa shape index (κ3) is 3.51. The van der Waals surface area contributed by atoms with Crippen molar-refractivity contribution in [3.05, 3.63) is 41.2 Å². The Hall–Kier alpha value is -1.95. The number of benzene rings is 1. The van der Waals surface area contributed by atoms with Crippen LogP contribution in [0.5, 0.6) is 0 Å². The van der Waals surface area contributed by atoms with Crippen molar-refractivity contribution in [3.63, 3.8) is 0 Å². The van der Waals surface area contributed by atoms with E-state index in [2.05, 4.69) is 28.5 Å². The van der Waals surface area contributed by atoms with Crippen LogP contribution in [0.3, 0.4) is 0 Å². The quantitative estimate of drug-likeness (QED) is 0.878. The van der Waals surface area contributed by atoms with Crippen molar-refractivity contribution >= 4 is 22.6 Å². The summed E-state index contributed by atoms with van der Waals surface area (Å²) in [6, 6.07) is 7.19. The summed E-state index contributed by atoms with van der Waals surface area (Å²) in [5.41, 5.74) is 6.77. The highest BCUT2D eigenvalue weighted by molar-refractivity contribution is 7.09. The van der Waals surface area contributed by atoms with Crippen molar-refractivity contribution in [1.82, 2.24) is 9.36 Å². The molecule has 0 aliphatic rings. The molecule has 0 atom stereocenters. The van der Waals surface area contributed by atoms with E-state index in [4.69, 9.17) is 5.73 Å². The Labute approximate surface area is 116 Å². The van der Waals surface area contributed by atoms with Gasteiger partial charge in [0.15, 0.2) is 0 Å². The van der Waals surface area contributed by atoms with Gasteiger partial charge in [0.1, 0.15) is 5.82 Å². The van der Waals surface area contributed by atoms with Gasteiger partial charge in [0.2, 0.25) is 11.0 Å². The molecular weight excluding hydrogens is 260 g/mol. The van der Waals surface area contributed by atoms with E-state index in [0.717, 1.165) is 16.5 Å². The topological polar surface area (TPSA) is 80.9 Å². The van der Waals surface area contributed by atoms with Gasteiger partial charge >= 0.3 is 0 Å². The Kier molecular flexibility index (Phi) is 4.11. The van der Waals surface area contributed by atoms with E-state index in [-0.39, 0.29) is 0 Å². The van der Waals surface area contributed by atoms with Crippen molar-refractivity contribution in [2.24, 2.45) is 5.73 Å². The number of nitrogens with two attached hydrogens (primary N) is 1. The molecule has 0 bridgehead atoms. The molecule has 1 aromatic heterocycles. The summed E-state index contributed by atoms with van der Waals surface area (Å²) < 4.78 is 4.27. The zero-order valence-electron chi connectivity index (χ0n) is 10.9. The molecule has 0 aliphatic carbocycles. The molecule has 1 heterocycles. The fraction of sp³-hybridized carbons (Fsp3) is 0.308. The standard InChI is InChI=1S/C13H16N4OS/c1-8(2)12-16-13(19-17-12)15-7-9-3-5-10(6-4-9)11(14)18/h3-6,8H,7H2,1-2H3,(H2,14,18)(H,15,16,17). The highest BCUT2D eigenvalue weighted by Gasteiger charge is 2.07. The summed E-state index contributed by atoms with van der Waals surface area (Å²) >= 11 is 1.36. The summed E-state index contributed by atoms with van der Waals surface area (Å²) in [7, 11) is 0. The van der Waals surface area contributed by atoms with Gasteiger partial charge in [-0.3, -0.25) is 4.79 Å². The molecule has 2 rings (SSSR count). The van der Waals surface area contributed by atoms with E-state index in [1.807, 2.05) is 12.1 Å². The van der Waals surface area contributed by atoms with E-state index in [9.17, 15) is 4.79 Å². The van der Waals surface area contributed by atoms with Crippen LogP contribution in [0, 0.1) is 0 Å². The molecule has 0 radical (unpaired) electrons. The molecule has 1 aromatic carbocycles. The summed E-state index contributed by atoms with van der Waals surface area (Å²) in [5.74, 6) is 0.781. The first-order valence-electron chi connectivity index (χ1n) is 6.02. The molecule has 5 nitrogen and oxygen atoms in total. The van der Waals surface area contributed by atoms with Gasteiger partial charge < -0.3 is 11.1 Å².